The highest BCUT2D eigenvalue weighted by Crippen LogP contribution is 2.16. The number of esters is 3. The number of hydrogen-bond donors (Lipinski definition) is 0. The van der Waals surface area contributed by atoms with Crippen molar-refractivity contribution >= 4 is 17.9 Å². The molecule has 1 unspecified atom stereocenters. The van der Waals surface area contributed by atoms with Crippen LogP contribution in [0.1, 0.15) is 303 Å². The first kappa shape index (κ1) is 76.5. The van der Waals surface area contributed by atoms with Gasteiger partial charge in [-0.1, -0.05) is 302 Å². The highest BCUT2D eigenvalue weighted by Gasteiger charge is 2.19. The van der Waals surface area contributed by atoms with Crippen LogP contribution in [0.15, 0.2) is 134 Å². The van der Waals surface area contributed by atoms with Crippen molar-refractivity contribution in [3.63, 3.8) is 0 Å². The highest BCUT2D eigenvalue weighted by atomic mass is 16.6. The van der Waals surface area contributed by atoms with Gasteiger partial charge in [0, 0.05) is 19.3 Å². The summed E-state index contributed by atoms with van der Waals surface area (Å²) in [5, 5.41) is 0. The maximum atomic E-state index is 12.8. The second kappa shape index (κ2) is 68.1. The lowest BCUT2D eigenvalue weighted by Gasteiger charge is -2.18. The Morgan fingerprint density at radius 2 is 0.481 bits per heavy atom. The molecular formula is C75H124O6. The summed E-state index contributed by atoms with van der Waals surface area (Å²) in [6.07, 6.45) is 96.6. The van der Waals surface area contributed by atoms with E-state index in [4.69, 9.17) is 14.2 Å². The van der Waals surface area contributed by atoms with Gasteiger partial charge in [-0.2, -0.15) is 0 Å². The zero-order valence-corrected chi connectivity index (χ0v) is 52.8. The molecule has 0 heterocycles. The van der Waals surface area contributed by atoms with Crippen LogP contribution >= 0.6 is 0 Å². The molecule has 0 radical (unpaired) electrons. The minimum atomic E-state index is -0.783. The van der Waals surface area contributed by atoms with Gasteiger partial charge in [-0.15, -0.1) is 0 Å². The molecule has 0 spiro atoms. The molecule has 0 amide bonds. The van der Waals surface area contributed by atoms with E-state index in [1.54, 1.807) is 0 Å². The maximum absolute atomic E-state index is 12.8. The summed E-state index contributed by atoms with van der Waals surface area (Å²) >= 11 is 0. The Balaban J connectivity index is 4.00. The Kier molecular flexibility index (Phi) is 64.3. The summed E-state index contributed by atoms with van der Waals surface area (Å²) in [6.45, 7) is 6.33. The first-order chi connectivity index (χ1) is 40.0. The van der Waals surface area contributed by atoms with Gasteiger partial charge in [0.05, 0.1) is 0 Å². The van der Waals surface area contributed by atoms with Crippen molar-refractivity contribution in [2.75, 3.05) is 13.2 Å². The molecule has 6 nitrogen and oxygen atoms in total. The summed E-state index contributed by atoms with van der Waals surface area (Å²) in [4.78, 5) is 38.0. The van der Waals surface area contributed by atoms with Crippen molar-refractivity contribution in [3.8, 4) is 0 Å². The molecule has 0 fully saturated rings. The number of unbranched alkanes of at least 4 members (excludes halogenated alkanes) is 27. The van der Waals surface area contributed by atoms with Gasteiger partial charge in [-0.25, -0.2) is 0 Å². The molecule has 0 aliphatic carbocycles. The van der Waals surface area contributed by atoms with E-state index in [1.165, 1.54) is 122 Å². The van der Waals surface area contributed by atoms with Crippen LogP contribution in [0.3, 0.4) is 0 Å². The van der Waals surface area contributed by atoms with Gasteiger partial charge >= 0.3 is 17.9 Å². The van der Waals surface area contributed by atoms with Crippen LogP contribution in [-0.2, 0) is 28.6 Å². The second-order valence-electron chi connectivity index (χ2n) is 22.0. The van der Waals surface area contributed by atoms with Crippen LogP contribution in [0.4, 0.5) is 0 Å². The molecule has 0 aromatic heterocycles. The number of carbonyl (C=O) groups is 3. The lowest BCUT2D eigenvalue weighted by atomic mass is 10.0. The lowest BCUT2D eigenvalue weighted by molar-refractivity contribution is -0.167. The third kappa shape index (κ3) is 66.2. The van der Waals surface area contributed by atoms with Gasteiger partial charge in [-0.05, 0) is 116 Å². The second-order valence-corrected chi connectivity index (χ2v) is 22.0. The van der Waals surface area contributed by atoms with Crippen LogP contribution in [0.25, 0.3) is 0 Å². The molecule has 6 heteroatoms. The number of carbonyl (C=O) groups excluding carboxylic acids is 3. The average molecular weight is 1120 g/mol. The third-order valence-electron chi connectivity index (χ3n) is 14.2. The SMILES string of the molecule is CC/C=C\C/C=C\C/C=C\C/C=C\C/C=C\C/C=C\CCCCCCCCCCCCCCCCCCC(=O)OCC(COC(=O)CCCCCCC)OC(=O)CCCCCCCCC/C=C\C/C=C\C/C=C\C/C=C\C/C=C\CC. The third-order valence-corrected chi connectivity index (χ3v) is 14.2. The van der Waals surface area contributed by atoms with Gasteiger partial charge in [0.1, 0.15) is 13.2 Å². The predicted molar refractivity (Wildman–Crippen MR) is 353 cm³/mol. The van der Waals surface area contributed by atoms with E-state index in [2.05, 4.69) is 154 Å². The monoisotopic (exact) mass is 1120 g/mol. The first-order valence-electron chi connectivity index (χ1n) is 33.7. The fraction of sp³-hybridized carbons (Fsp3) is 0.667. The van der Waals surface area contributed by atoms with Crippen LogP contribution in [-0.4, -0.2) is 37.2 Å². The van der Waals surface area contributed by atoms with Crippen LogP contribution in [0.5, 0.6) is 0 Å². The van der Waals surface area contributed by atoms with Crippen molar-refractivity contribution in [1.82, 2.24) is 0 Å². The van der Waals surface area contributed by atoms with E-state index >= 15 is 0 Å². The van der Waals surface area contributed by atoms with Crippen molar-refractivity contribution in [2.24, 2.45) is 0 Å². The summed E-state index contributed by atoms with van der Waals surface area (Å²) in [7, 11) is 0. The normalized spacial score (nSPS) is 13.0. The largest absolute Gasteiger partial charge is 0.462 e. The van der Waals surface area contributed by atoms with Crippen molar-refractivity contribution in [1.29, 1.82) is 0 Å². The maximum Gasteiger partial charge on any atom is 0.306 e. The van der Waals surface area contributed by atoms with Crippen LogP contribution in [0.2, 0.25) is 0 Å². The zero-order valence-electron chi connectivity index (χ0n) is 52.8. The number of rotatable bonds is 60. The molecule has 0 aliphatic heterocycles. The summed E-state index contributed by atoms with van der Waals surface area (Å²) < 4.78 is 16.8. The van der Waals surface area contributed by atoms with Gasteiger partial charge in [-0.3, -0.25) is 14.4 Å². The van der Waals surface area contributed by atoms with Gasteiger partial charge in [0.15, 0.2) is 6.10 Å². The molecular weight excluding hydrogens is 997 g/mol. The van der Waals surface area contributed by atoms with Crippen molar-refractivity contribution < 1.29 is 28.6 Å². The minimum absolute atomic E-state index is 0.0830. The van der Waals surface area contributed by atoms with E-state index in [0.29, 0.717) is 19.3 Å². The Morgan fingerprint density at radius 3 is 0.753 bits per heavy atom. The average Bonchev–Trinajstić information content (AvgIpc) is 3.47. The molecule has 0 aromatic carbocycles. The Hall–Kier alpha value is -4.45. The molecule has 0 aliphatic rings. The number of ether oxygens (including phenoxy) is 3. The lowest BCUT2D eigenvalue weighted by Crippen LogP contribution is -2.30. The summed E-state index contributed by atoms with van der Waals surface area (Å²) in [6, 6.07) is 0. The minimum Gasteiger partial charge on any atom is -0.462 e. The fourth-order valence-corrected chi connectivity index (χ4v) is 9.18. The van der Waals surface area contributed by atoms with Gasteiger partial charge < -0.3 is 14.2 Å². The van der Waals surface area contributed by atoms with Crippen molar-refractivity contribution in [3.05, 3.63) is 134 Å². The number of hydrogen-bond acceptors (Lipinski definition) is 6. The van der Waals surface area contributed by atoms with E-state index in [0.717, 1.165) is 141 Å². The molecule has 460 valence electrons. The summed E-state index contributed by atoms with van der Waals surface area (Å²) in [5.74, 6) is -0.903. The summed E-state index contributed by atoms with van der Waals surface area (Å²) in [5.41, 5.74) is 0. The first-order valence-corrected chi connectivity index (χ1v) is 33.7. The smallest absolute Gasteiger partial charge is 0.306 e. The van der Waals surface area contributed by atoms with Crippen LogP contribution in [0, 0.1) is 0 Å². The molecule has 0 saturated heterocycles. The Labute approximate surface area is 500 Å². The molecule has 81 heavy (non-hydrogen) atoms. The van der Waals surface area contributed by atoms with E-state index < -0.39 is 6.10 Å². The molecule has 0 N–H and O–H groups in total. The van der Waals surface area contributed by atoms with Gasteiger partial charge in [0.25, 0.3) is 0 Å². The molecule has 0 bridgehead atoms. The highest BCUT2D eigenvalue weighted by molar-refractivity contribution is 5.71. The molecule has 0 saturated carbocycles. The Bertz CT molecular complexity index is 1720. The predicted octanol–water partition coefficient (Wildman–Crippen LogP) is 23.3. The zero-order chi connectivity index (χ0) is 58.5. The quantitative estimate of drug-likeness (QED) is 0.0261. The van der Waals surface area contributed by atoms with E-state index in [-0.39, 0.29) is 31.1 Å². The molecule has 0 aromatic rings. The standard InChI is InChI=1S/C75H124O6/c1-4-7-10-13-15-17-19-21-23-25-27-29-31-32-33-34-35-36-37-38-39-40-41-42-44-45-47-49-51-53-55-57-59-62-65-68-74(77)80-71-72(70-79-73(76)67-64-61-12-9-6-3)81-75(78)69-66-63-60-58-56-54-52-50-48-46-43-30-28-26-24-22-20-18-16-14-11-8-5-2/h7-8,10-11,15-18,21-24,27-30,32-33,35-36,46,48,72H,4-6,9,12-14,19-20,25-26,31,34,37-45,47,49-71H2,1-3H3/b10-7-,11-8-,17-15-,18-16-,23-21-,24-22-,29-27-,30-28-,33-32-,36-35-,48-46-. The number of allylic oxidation sites excluding steroid dienone is 22. The fourth-order valence-electron chi connectivity index (χ4n) is 9.18. The van der Waals surface area contributed by atoms with Crippen LogP contribution < -0.4 is 0 Å². The topological polar surface area (TPSA) is 78.9 Å². The molecule has 1 atom stereocenters. The van der Waals surface area contributed by atoms with E-state index in [1.807, 2.05) is 0 Å². The molecule has 0 rings (SSSR count). The van der Waals surface area contributed by atoms with Gasteiger partial charge in [0.2, 0.25) is 0 Å². The Morgan fingerprint density at radius 1 is 0.259 bits per heavy atom. The van der Waals surface area contributed by atoms with E-state index in [9.17, 15) is 14.4 Å². The van der Waals surface area contributed by atoms with Crippen molar-refractivity contribution in [2.45, 2.75) is 309 Å².